The maximum absolute atomic E-state index is 4.72. The van der Waals surface area contributed by atoms with E-state index in [2.05, 4.69) is 104 Å². The molecule has 0 amide bonds. The van der Waals surface area contributed by atoms with E-state index in [9.17, 15) is 0 Å². The number of hydrogen-bond acceptors (Lipinski definition) is 3. The summed E-state index contributed by atoms with van der Waals surface area (Å²) < 4.78 is 2.19. The second-order valence-corrected chi connectivity index (χ2v) is 9.18. The third-order valence-corrected chi connectivity index (χ3v) is 6.82. The Morgan fingerprint density at radius 3 is 2.44 bits per heavy atom. The van der Waals surface area contributed by atoms with E-state index in [1.807, 2.05) is 0 Å². The fraction of sp³-hybridized carbons (Fsp3) is 0.143. The van der Waals surface area contributed by atoms with Crippen LogP contribution in [0.2, 0.25) is 0 Å². The molecule has 0 aliphatic carbocycles. The van der Waals surface area contributed by atoms with Crippen molar-refractivity contribution in [2.75, 3.05) is 0 Å². The van der Waals surface area contributed by atoms with E-state index in [-0.39, 0.29) is 0 Å². The molecular weight excluding hydrogens is 410 g/mol. The molecule has 2 aromatic heterocycles. The summed E-state index contributed by atoms with van der Waals surface area (Å²) in [5, 5.41) is 2.12. The van der Waals surface area contributed by atoms with Crippen LogP contribution in [0.3, 0.4) is 0 Å². The minimum atomic E-state index is 0.878. The highest BCUT2D eigenvalue weighted by Crippen LogP contribution is 2.38. The Morgan fingerprint density at radius 2 is 1.62 bits per heavy atom. The first-order chi connectivity index (χ1) is 15.6. The molecule has 32 heavy (non-hydrogen) atoms. The second-order valence-electron chi connectivity index (χ2n) is 8.21. The molecule has 0 saturated heterocycles. The maximum Gasteiger partial charge on any atom is 0.149 e. The molecule has 5 rings (SSSR count). The molecule has 3 nitrogen and oxygen atoms in total. The summed E-state index contributed by atoms with van der Waals surface area (Å²) in [4.78, 5) is 9.44. The number of aryl methyl sites for hydroxylation is 3. The topological polar surface area (TPSA) is 30.7 Å². The summed E-state index contributed by atoms with van der Waals surface area (Å²) in [6.45, 7) is 6.44. The van der Waals surface area contributed by atoms with Gasteiger partial charge in [-0.15, -0.1) is 11.8 Å². The first-order valence-electron chi connectivity index (χ1n) is 10.8. The molecule has 158 valence electrons. The Balaban J connectivity index is 1.66. The molecule has 0 bridgehead atoms. The number of rotatable bonds is 5. The third-order valence-electron chi connectivity index (χ3n) is 5.78. The molecule has 0 aliphatic rings. The minimum Gasteiger partial charge on any atom is -0.301 e. The van der Waals surface area contributed by atoms with Gasteiger partial charge >= 0.3 is 0 Å². The predicted octanol–water partition coefficient (Wildman–Crippen LogP) is 7.31. The Hall–Kier alpha value is -3.37. The zero-order valence-corrected chi connectivity index (χ0v) is 19.4. The van der Waals surface area contributed by atoms with E-state index in [0.29, 0.717) is 0 Å². The molecule has 0 fully saturated rings. The smallest absolute Gasteiger partial charge is 0.149 e. The lowest BCUT2D eigenvalue weighted by Gasteiger charge is -2.09. The predicted molar refractivity (Wildman–Crippen MR) is 135 cm³/mol. The molecule has 4 heteroatoms. The highest BCUT2D eigenvalue weighted by Gasteiger charge is 2.18. The molecule has 3 aromatic carbocycles. The lowest BCUT2D eigenvalue weighted by atomic mass is 10.1. The van der Waals surface area contributed by atoms with Gasteiger partial charge in [0.2, 0.25) is 0 Å². The van der Waals surface area contributed by atoms with Gasteiger partial charge in [0.1, 0.15) is 17.0 Å². The van der Waals surface area contributed by atoms with E-state index in [1.165, 1.54) is 27.8 Å². The summed E-state index contributed by atoms with van der Waals surface area (Å²) in [5.74, 6) is 0.878. The molecule has 2 heterocycles. The van der Waals surface area contributed by atoms with Gasteiger partial charge in [-0.3, -0.25) is 0 Å². The maximum atomic E-state index is 4.72. The van der Waals surface area contributed by atoms with Gasteiger partial charge in [0.25, 0.3) is 0 Å². The average Bonchev–Trinajstić information content (AvgIpc) is 3.21. The fourth-order valence-corrected chi connectivity index (χ4v) is 5.13. The van der Waals surface area contributed by atoms with Gasteiger partial charge in [0, 0.05) is 23.2 Å². The molecule has 0 aliphatic heterocycles. The number of benzene rings is 3. The standard InChI is InChI=1S/C28H25N3S/c1-19-8-7-11-24(15-19)31-16-25(22-9-5-4-6-10-22)26-27(31)29-18-30-28(26)32-17-23-14-20(2)12-13-21(23)3/h4-16,18H,17H2,1-3H3. The van der Waals surface area contributed by atoms with Crippen LogP contribution in [0.1, 0.15) is 22.3 Å². The van der Waals surface area contributed by atoms with Crippen LogP contribution < -0.4 is 0 Å². The van der Waals surface area contributed by atoms with E-state index in [4.69, 9.17) is 9.97 Å². The van der Waals surface area contributed by atoms with Gasteiger partial charge in [0.05, 0.1) is 5.39 Å². The van der Waals surface area contributed by atoms with E-state index in [1.54, 1.807) is 18.1 Å². The van der Waals surface area contributed by atoms with Crippen molar-refractivity contribution in [1.29, 1.82) is 0 Å². The zero-order valence-electron chi connectivity index (χ0n) is 18.5. The van der Waals surface area contributed by atoms with Crippen molar-refractivity contribution in [3.05, 3.63) is 108 Å². The van der Waals surface area contributed by atoms with Gasteiger partial charge in [-0.1, -0.05) is 66.2 Å². The lowest BCUT2D eigenvalue weighted by Crippen LogP contribution is -1.95. The Bertz CT molecular complexity index is 1400. The first-order valence-corrected chi connectivity index (χ1v) is 11.8. The number of fused-ring (bicyclic) bond motifs is 1. The average molecular weight is 436 g/mol. The van der Waals surface area contributed by atoms with Crippen molar-refractivity contribution in [1.82, 2.24) is 14.5 Å². The first kappa shape index (κ1) is 20.5. The Morgan fingerprint density at radius 1 is 0.812 bits per heavy atom. The van der Waals surface area contributed by atoms with Crippen LogP contribution in [0.5, 0.6) is 0 Å². The van der Waals surface area contributed by atoms with Crippen molar-refractivity contribution in [3.63, 3.8) is 0 Å². The van der Waals surface area contributed by atoms with Gasteiger partial charge in [-0.25, -0.2) is 9.97 Å². The number of aromatic nitrogens is 3. The number of thioether (sulfide) groups is 1. The van der Waals surface area contributed by atoms with Gasteiger partial charge in [-0.2, -0.15) is 0 Å². The Kier molecular flexibility index (Phi) is 5.54. The van der Waals surface area contributed by atoms with Crippen LogP contribution in [0.25, 0.3) is 27.8 Å². The monoisotopic (exact) mass is 435 g/mol. The second kappa shape index (κ2) is 8.64. The summed E-state index contributed by atoms with van der Waals surface area (Å²) in [5.41, 5.74) is 9.56. The largest absolute Gasteiger partial charge is 0.301 e. The van der Waals surface area contributed by atoms with Gasteiger partial charge < -0.3 is 4.57 Å². The molecule has 5 aromatic rings. The van der Waals surface area contributed by atoms with Crippen LogP contribution in [0.4, 0.5) is 0 Å². The molecule has 0 unspecified atom stereocenters. The van der Waals surface area contributed by atoms with Gasteiger partial charge in [0.15, 0.2) is 0 Å². The molecule has 0 saturated carbocycles. The highest BCUT2D eigenvalue weighted by molar-refractivity contribution is 7.98. The molecule has 0 spiro atoms. The van der Waals surface area contributed by atoms with Crippen molar-refractivity contribution < 1.29 is 0 Å². The molecule has 0 N–H and O–H groups in total. The minimum absolute atomic E-state index is 0.878. The van der Waals surface area contributed by atoms with Crippen LogP contribution in [-0.4, -0.2) is 14.5 Å². The quantitative estimate of drug-likeness (QED) is 0.214. The Labute approximate surface area is 193 Å². The number of nitrogens with zero attached hydrogens (tertiary/aromatic N) is 3. The van der Waals surface area contributed by atoms with E-state index >= 15 is 0 Å². The van der Waals surface area contributed by atoms with E-state index in [0.717, 1.165) is 33.1 Å². The van der Waals surface area contributed by atoms with Crippen molar-refractivity contribution in [3.8, 4) is 16.8 Å². The normalized spacial score (nSPS) is 11.2. The van der Waals surface area contributed by atoms with Crippen molar-refractivity contribution in [2.24, 2.45) is 0 Å². The third kappa shape index (κ3) is 3.94. The van der Waals surface area contributed by atoms with E-state index < -0.39 is 0 Å². The lowest BCUT2D eigenvalue weighted by molar-refractivity contribution is 1.04. The van der Waals surface area contributed by atoms with Gasteiger partial charge in [-0.05, 0) is 55.2 Å². The van der Waals surface area contributed by atoms with Crippen LogP contribution in [0, 0.1) is 20.8 Å². The van der Waals surface area contributed by atoms with Crippen molar-refractivity contribution in [2.45, 2.75) is 31.6 Å². The summed E-state index contributed by atoms with van der Waals surface area (Å²) in [6.07, 6.45) is 3.89. The summed E-state index contributed by atoms with van der Waals surface area (Å²) in [7, 11) is 0. The van der Waals surface area contributed by atoms with Crippen LogP contribution in [0.15, 0.2) is 90.3 Å². The SMILES string of the molecule is Cc1cccc(-n2cc(-c3ccccc3)c3c(SCc4cc(C)ccc4C)ncnc32)c1. The number of hydrogen-bond donors (Lipinski definition) is 0. The summed E-state index contributed by atoms with van der Waals surface area (Å²) in [6, 6.07) is 25.7. The van der Waals surface area contributed by atoms with Crippen LogP contribution >= 0.6 is 11.8 Å². The van der Waals surface area contributed by atoms with Crippen LogP contribution in [-0.2, 0) is 5.75 Å². The highest BCUT2D eigenvalue weighted by atomic mass is 32.2. The zero-order chi connectivity index (χ0) is 22.1. The molecule has 0 atom stereocenters. The van der Waals surface area contributed by atoms with Crippen molar-refractivity contribution >= 4 is 22.8 Å². The fourth-order valence-electron chi connectivity index (χ4n) is 4.06. The molecule has 0 radical (unpaired) electrons. The molecular formula is C28H25N3S. The summed E-state index contributed by atoms with van der Waals surface area (Å²) >= 11 is 1.78.